The molecule has 3 heteroatoms. The van der Waals surface area contributed by atoms with Crippen molar-refractivity contribution < 1.29 is 8.78 Å². The third kappa shape index (κ3) is 2.56. The predicted octanol–water partition coefficient (Wildman–Crippen LogP) is 3.85. The van der Waals surface area contributed by atoms with Gasteiger partial charge in [0.15, 0.2) is 0 Å². The highest BCUT2D eigenvalue weighted by Crippen LogP contribution is 2.45. The van der Waals surface area contributed by atoms with Gasteiger partial charge in [-0.15, -0.1) is 0 Å². The summed E-state index contributed by atoms with van der Waals surface area (Å²) in [4.78, 5) is 0. The first-order valence-corrected chi connectivity index (χ1v) is 6.85. The molecule has 0 radical (unpaired) electrons. The zero-order chi connectivity index (χ0) is 13.1. The van der Waals surface area contributed by atoms with Gasteiger partial charge in [0.25, 0.3) is 0 Å². The Kier molecular flexibility index (Phi) is 4.33. The molecule has 0 saturated heterocycles. The third-order valence-corrected chi connectivity index (χ3v) is 4.03. The predicted molar refractivity (Wildman–Crippen MR) is 69.6 cm³/mol. The van der Waals surface area contributed by atoms with Crippen molar-refractivity contribution in [3.63, 3.8) is 0 Å². The van der Waals surface area contributed by atoms with Crippen molar-refractivity contribution in [1.29, 1.82) is 0 Å². The van der Waals surface area contributed by atoms with Gasteiger partial charge in [-0.25, -0.2) is 8.78 Å². The van der Waals surface area contributed by atoms with Crippen molar-refractivity contribution in [3.05, 3.63) is 35.4 Å². The molecule has 1 fully saturated rings. The third-order valence-electron chi connectivity index (χ3n) is 4.03. The van der Waals surface area contributed by atoms with Crippen LogP contribution in [0.5, 0.6) is 0 Å². The number of rotatable bonds is 5. The Morgan fingerprint density at radius 1 is 1.28 bits per heavy atom. The van der Waals surface area contributed by atoms with Gasteiger partial charge in [-0.1, -0.05) is 20.3 Å². The fourth-order valence-electron chi connectivity index (χ4n) is 3.00. The van der Waals surface area contributed by atoms with Crippen molar-refractivity contribution >= 4 is 0 Å². The Hall–Kier alpha value is -0.960. The molecule has 1 nitrogen and oxygen atoms in total. The van der Waals surface area contributed by atoms with Crippen molar-refractivity contribution in [2.75, 3.05) is 6.54 Å². The van der Waals surface area contributed by atoms with Gasteiger partial charge in [0.1, 0.15) is 11.6 Å². The van der Waals surface area contributed by atoms with Gasteiger partial charge in [0, 0.05) is 6.04 Å². The molecule has 3 unspecified atom stereocenters. The van der Waals surface area contributed by atoms with Crippen LogP contribution in [-0.4, -0.2) is 12.6 Å². The number of halogens is 2. The first kappa shape index (κ1) is 13.5. The minimum absolute atomic E-state index is 0.167. The van der Waals surface area contributed by atoms with Crippen molar-refractivity contribution in [2.45, 2.75) is 45.1 Å². The van der Waals surface area contributed by atoms with E-state index in [9.17, 15) is 8.78 Å². The van der Waals surface area contributed by atoms with Gasteiger partial charge in [0.05, 0.1) is 0 Å². The molecule has 3 atom stereocenters. The van der Waals surface area contributed by atoms with Crippen LogP contribution in [0.3, 0.4) is 0 Å². The van der Waals surface area contributed by atoms with Crippen LogP contribution in [0.4, 0.5) is 8.78 Å². The number of hydrogen-bond donors (Lipinski definition) is 1. The fraction of sp³-hybridized carbons (Fsp3) is 0.600. The summed E-state index contributed by atoms with van der Waals surface area (Å²) in [5.41, 5.74) is 0.552. The maximum absolute atomic E-state index is 13.7. The van der Waals surface area contributed by atoms with Crippen LogP contribution < -0.4 is 5.32 Å². The lowest BCUT2D eigenvalue weighted by Crippen LogP contribution is -2.49. The van der Waals surface area contributed by atoms with E-state index in [1.165, 1.54) is 18.2 Å². The molecule has 18 heavy (non-hydrogen) atoms. The van der Waals surface area contributed by atoms with Gasteiger partial charge in [-0.2, -0.15) is 0 Å². The minimum atomic E-state index is -0.341. The van der Waals surface area contributed by atoms with Gasteiger partial charge in [0.2, 0.25) is 0 Å². The first-order chi connectivity index (χ1) is 8.67. The van der Waals surface area contributed by atoms with Crippen molar-refractivity contribution in [2.24, 2.45) is 5.92 Å². The number of benzene rings is 1. The Morgan fingerprint density at radius 2 is 2.06 bits per heavy atom. The largest absolute Gasteiger partial charge is 0.314 e. The molecule has 1 aliphatic carbocycles. The summed E-state index contributed by atoms with van der Waals surface area (Å²) in [6.07, 6.45) is 3.02. The molecule has 0 spiro atoms. The lowest BCUT2D eigenvalue weighted by Gasteiger charge is -2.45. The van der Waals surface area contributed by atoms with Gasteiger partial charge in [-0.05, 0) is 55.0 Å². The second-order valence-corrected chi connectivity index (χ2v) is 5.14. The lowest BCUT2D eigenvalue weighted by atomic mass is 9.65. The number of hydrogen-bond acceptors (Lipinski definition) is 1. The molecule has 0 bridgehead atoms. The zero-order valence-electron chi connectivity index (χ0n) is 11.0. The number of nitrogens with one attached hydrogen (secondary N) is 1. The van der Waals surface area contributed by atoms with Crippen LogP contribution >= 0.6 is 0 Å². The van der Waals surface area contributed by atoms with Gasteiger partial charge >= 0.3 is 0 Å². The molecule has 0 aliphatic heterocycles. The van der Waals surface area contributed by atoms with Crippen LogP contribution in [0.1, 0.15) is 44.6 Å². The topological polar surface area (TPSA) is 12.0 Å². The van der Waals surface area contributed by atoms with Crippen molar-refractivity contribution in [1.82, 2.24) is 5.32 Å². The van der Waals surface area contributed by atoms with Crippen LogP contribution in [-0.2, 0) is 0 Å². The second-order valence-electron chi connectivity index (χ2n) is 5.14. The van der Waals surface area contributed by atoms with E-state index in [0.717, 1.165) is 25.8 Å². The molecule has 100 valence electrons. The molecular weight excluding hydrogens is 232 g/mol. The molecular formula is C15H21F2N. The smallest absolute Gasteiger partial charge is 0.126 e. The van der Waals surface area contributed by atoms with E-state index in [1.807, 2.05) is 0 Å². The normalized spacial score (nSPS) is 27.0. The second kappa shape index (κ2) is 5.79. The van der Waals surface area contributed by atoms with E-state index in [2.05, 4.69) is 19.2 Å². The molecule has 1 N–H and O–H groups in total. The highest BCUT2D eigenvalue weighted by molar-refractivity contribution is 5.27. The molecule has 0 aromatic heterocycles. The average Bonchev–Trinajstić information content (AvgIpc) is 2.33. The van der Waals surface area contributed by atoms with E-state index in [1.54, 1.807) is 0 Å². The molecule has 0 amide bonds. The molecule has 0 heterocycles. The summed E-state index contributed by atoms with van der Waals surface area (Å²) in [6.45, 7) is 5.25. The van der Waals surface area contributed by atoms with E-state index in [0.29, 0.717) is 17.5 Å². The Bertz CT molecular complexity index is 405. The molecule has 1 aromatic carbocycles. The summed E-state index contributed by atoms with van der Waals surface area (Å²) in [7, 11) is 0. The van der Waals surface area contributed by atoms with E-state index >= 15 is 0 Å². The Balaban J connectivity index is 2.08. The highest BCUT2D eigenvalue weighted by atomic mass is 19.1. The summed E-state index contributed by atoms with van der Waals surface area (Å²) >= 11 is 0. The Morgan fingerprint density at radius 3 is 2.72 bits per heavy atom. The zero-order valence-corrected chi connectivity index (χ0v) is 11.0. The van der Waals surface area contributed by atoms with Crippen LogP contribution in [0.2, 0.25) is 0 Å². The average molecular weight is 253 g/mol. The van der Waals surface area contributed by atoms with E-state index in [-0.39, 0.29) is 17.6 Å². The lowest BCUT2D eigenvalue weighted by molar-refractivity contribution is 0.157. The monoisotopic (exact) mass is 253 g/mol. The summed E-state index contributed by atoms with van der Waals surface area (Å²) in [6, 6.07) is 4.25. The molecule has 1 aromatic rings. The molecule has 1 saturated carbocycles. The Labute approximate surface area is 108 Å². The van der Waals surface area contributed by atoms with E-state index < -0.39 is 0 Å². The summed E-state index contributed by atoms with van der Waals surface area (Å²) < 4.78 is 27.0. The first-order valence-electron chi connectivity index (χ1n) is 6.85. The highest BCUT2D eigenvalue weighted by Gasteiger charge is 2.41. The van der Waals surface area contributed by atoms with E-state index in [4.69, 9.17) is 0 Å². The van der Waals surface area contributed by atoms with Crippen LogP contribution in [0, 0.1) is 17.6 Å². The summed E-state index contributed by atoms with van der Waals surface area (Å²) in [5, 5.41) is 3.49. The standard InChI is InChI=1S/C15H21F2N/c1-3-7-18-15-9-12(11(15)4-2)13-8-10(16)5-6-14(13)17/h5-6,8,11-12,15,18H,3-4,7,9H2,1-2H3. The summed E-state index contributed by atoms with van der Waals surface area (Å²) in [5.74, 6) is -0.0204. The molecule has 2 rings (SSSR count). The SMILES string of the molecule is CCCNC1CC(c2cc(F)ccc2F)C1CC. The maximum atomic E-state index is 13.7. The minimum Gasteiger partial charge on any atom is -0.314 e. The van der Waals surface area contributed by atoms with Crippen LogP contribution in [0.25, 0.3) is 0 Å². The molecule has 1 aliphatic rings. The quantitative estimate of drug-likeness (QED) is 0.840. The van der Waals surface area contributed by atoms with Crippen molar-refractivity contribution in [3.8, 4) is 0 Å². The van der Waals surface area contributed by atoms with Crippen LogP contribution in [0.15, 0.2) is 18.2 Å². The fourth-order valence-corrected chi connectivity index (χ4v) is 3.00. The van der Waals surface area contributed by atoms with Gasteiger partial charge < -0.3 is 5.32 Å². The maximum Gasteiger partial charge on any atom is 0.126 e. The van der Waals surface area contributed by atoms with Gasteiger partial charge in [-0.3, -0.25) is 0 Å².